The summed E-state index contributed by atoms with van der Waals surface area (Å²) >= 11 is 1.64. The van der Waals surface area contributed by atoms with E-state index < -0.39 is 0 Å². The van der Waals surface area contributed by atoms with Crippen molar-refractivity contribution < 1.29 is 9.18 Å². The SMILES string of the molecule is O=C(NCCCSc1ccc(F)cc1)c1ccc2ccccc2n1. The highest BCUT2D eigenvalue weighted by Crippen LogP contribution is 2.18. The van der Waals surface area contributed by atoms with Crippen molar-refractivity contribution in [3.8, 4) is 0 Å². The van der Waals surface area contributed by atoms with Gasteiger partial charge in [0, 0.05) is 16.8 Å². The molecule has 0 aliphatic carbocycles. The Morgan fingerprint density at radius 3 is 2.67 bits per heavy atom. The first kappa shape index (κ1) is 16.5. The number of para-hydroxylation sites is 1. The number of aromatic nitrogens is 1. The minimum atomic E-state index is -0.227. The molecule has 1 amide bonds. The number of nitrogens with zero attached hydrogens (tertiary/aromatic N) is 1. The lowest BCUT2D eigenvalue weighted by Gasteiger charge is -2.06. The fourth-order valence-electron chi connectivity index (χ4n) is 2.28. The quantitative estimate of drug-likeness (QED) is 0.538. The lowest BCUT2D eigenvalue weighted by molar-refractivity contribution is 0.0949. The molecule has 1 heterocycles. The number of halogens is 1. The fraction of sp³-hybridized carbons (Fsp3) is 0.158. The van der Waals surface area contributed by atoms with Gasteiger partial charge in [-0.25, -0.2) is 9.37 Å². The van der Waals surface area contributed by atoms with Gasteiger partial charge in [0.15, 0.2) is 0 Å². The smallest absolute Gasteiger partial charge is 0.269 e. The van der Waals surface area contributed by atoms with Gasteiger partial charge in [-0.1, -0.05) is 24.3 Å². The average Bonchev–Trinajstić information content (AvgIpc) is 2.62. The summed E-state index contributed by atoms with van der Waals surface area (Å²) in [5.74, 6) is 0.471. The van der Waals surface area contributed by atoms with E-state index in [1.165, 1.54) is 12.1 Å². The fourth-order valence-corrected chi connectivity index (χ4v) is 3.13. The minimum absolute atomic E-state index is 0.160. The molecule has 0 radical (unpaired) electrons. The third-order valence-corrected chi connectivity index (χ3v) is 4.62. The molecule has 3 rings (SSSR count). The van der Waals surface area contributed by atoms with Crippen molar-refractivity contribution in [3.05, 3.63) is 72.2 Å². The largest absolute Gasteiger partial charge is 0.351 e. The van der Waals surface area contributed by atoms with Crippen LogP contribution < -0.4 is 5.32 Å². The van der Waals surface area contributed by atoms with E-state index in [1.54, 1.807) is 30.0 Å². The van der Waals surface area contributed by atoms with Crippen molar-refractivity contribution in [1.82, 2.24) is 10.3 Å². The Balaban J connectivity index is 1.45. The van der Waals surface area contributed by atoms with Gasteiger partial charge in [0.2, 0.25) is 0 Å². The van der Waals surface area contributed by atoms with Crippen molar-refractivity contribution in [2.75, 3.05) is 12.3 Å². The molecule has 24 heavy (non-hydrogen) atoms. The van der Waals surface area contributed by atoms with Gasteiger partial charge < -0.3 is 5.32 Å². The maximum Gasteiger partial charge on any atom is 0.269 e. The molecule has 0 aliphatic heterocycles. The van der Waals surface area contributed by atoms with Crippen LogP contribution in [0.5, 0.6) is 0 Å². The molecule has 3 nitrogen and oxygen atoms in total. The van der Waals surface area contributed by atoms with Gasteiger partial charge >= 0.3 is 0 Å². The molecule has 0 aliphatic rings. The van der Waals surface area contributed by atoms with Crippen LogP contribution in [0.3, 0.4) is 0 Å². The van der Waals surface area contributed by atoms with E-state index in [0.717, 1.165) is 28.0 Å². The molecule has 0 spiro atoms. The van der Waals surface area contributed by atoms with E-state index in [0.29, 0.717) is 12.2 Å². The molecule has 0 bridgehead atoms. The van der Waals surface area contributed by atoms with E-state index in [9.17, 15) is 9.18 Å². The lowest BCUT2D eigenvalue weighted by atomic mass is 10.2. The van der Waals surface area contributed by atoms with Crippen LogP contribution in [0.2, 0.25) is 0 Å². The number of hydrogen-bond acceptors (Lipinski definition) is 3. The molecular weight excluding hydrogens is 323 g/mol. The minimum Gasteiger partial charge on any atom is -0.351 e. The highest BCUT2D eigenvalue weighted by atomic mass is 32.2. The maximum absolute atomic E-state index is 12.8. The Bertz CT molecular complexity index is 836. The Hall–Kier alpha value is -2.40. The molecular formula is C19H17FN2OS. The molecule has 5 heteroatoms. The number of nitrogens with one attached hydrogen (secondary N) is 1. The van der Waals surface area contributed by atoms with Crippen LogP contribution in [0.1, 0.15) is 16.9 Å². The topological polar surface area (TPSA) is 42.0 Å². The second-order valence-electron chi connectivity index (χ2n) is 5.30. The van der Waals surface area contributed by atoms with Gasteiger partial charge in [-0.3, -0.25) is 4.79 Å². The summed E-state index contributed by atoms with van der Waals surface area (Å²) in [4.78, 5) is 17.5. The zero-order valence-corrected chi connectivity index (χ0v) is 13.9. The first-order valence-electron chi connectivity index (χ1n) is 7.75. The van der Waals surface area contributed by atoms with E-state index >= 15 is 0 Å². The summed E-state index contributed by atoms with van der Waals surface area (Å²) in [5.41, 5.74) is 1.25. The third kappa shape index (κ3) is 4.32. The number of amides is 1. The summed E-state index contributed by atoms with van der Waals surface area (Å²) in [6.07, 6.45) is 0.835. The lowest BCUT2D eigenvalue weighted by Crippen LogP contribution is -2.25. The van der Waals surface area contributed by atoms with Gasteiger partial charge in [-0.2, -0.15) is 0 Å². The van der Waals surface area contributed by atoms with Gasteiger partial charge in [-0.05, 0) is 48.6 Å². The summed E-state index contributed by atoms with van der Waals surface area (Å²) in [6, 6.07) is 17.8. The van der Waals surface area contributed by atoms with Crippen LogP contribution in [0, 0.1) is 5.82 Å². The van der Waals surface area contributed by atoms with E-state index in [2.05, 4.69) is 10.3 Å². The third-order valence-electron chi connectivity index (χ3n) is 3.52. The monoisotopic (exact) mass is 340 g/mol. The number of benzene rings is 2. The highest BCUT2D eigenvalue weighted by Gasteiger charge is 2.07. The predicted octanol–water partition coefficient (Wildman–Crippen LogP) is 4.29. The summed E-state index contributed by atoms with van der Waals surface area (Å²) in [6.45, 7) is 0.585. The van der Waals surface area contributed by atoms with Crippen molar-refractivity contribution in [2.45, 2.75) is 11.3 Å². The Morgan fingerprint density at radius 1 is 1.04 bits per heavy atom. The standard InChI is InChI=1S/C19H17FN2OS/c20-15-7-9-16(10-8-15)24-13-3-12-21-19(23)18-11-6-14-4-1-2-5-17(14)22-18/h1-2,4-11H,3,12-13H2,(H,21,23). The van der Waals surface area contributed by atoms with Crippen molar-refractivity contribution >= 4 is 28.6 Å². The number of rotatable bonds is 6. The molecule has 1 N–H and O–H groups in total. The Labute approximate surface area is 144 Å². The van der Waals surface area contributed by atoms with Crippen molar-refractivity contribution in [3.63, 3.8) is 0 Å². The first-order chi connectivity index (χ1) is 11.7. The number of hydrogen-bond donors (Lipinski definition) is 1. The summed E-state index contributed by atoms with van der Waals surface area (Å²) < 4.78 is 12.8. The van der Waals surface area contributed by atoms with E-state index in [-0.39, 0.29) is 11.7 Å². The summed E-state index contributed by atoms with van der Waals surface area (Å²) in [5, 5.41) is 3.90. The summed E-state index contributed by atoms with van der Waals surface area (Å²) in [7, 11) is 0. The molecule has 2 aromatic carbocycles. The molecule has 0 atom stereocenters. The zero-order chi connectivity index (χ0) is 16.8. The van der Waals surface area contributed by atoms with Crippen LogP contribution in [-0.4, -0.2) is 23.2 Å². The molecule has 1 aromatic heterocycles. The number of carbonyl (C=O) groups excluding carboxylic acids is 1. The average molecular weight is 340 g/mol. The van der Waals surface area contributed by atoms with E-state index in [1.807, 2.05) is 30.3 Å². The van der Waals surface area contributed by atoms with Gasteiger partial charge in [0.1, 0.15) is 11.5 Å². The highest BCUT2D eigenvalue weighted by molar-refractivity contribution is 7.99. The van der Waals surface area contributed by atoms with Crippen LogP contribution in [0.25, 0.3) is 10.9 Å². The normalized spacial score (nSPS) is 10.7. The number of thioether (sulfide) groups is 1. The second-order valence-corrected chi connectivity index (χ2v) is 6.47. The second kappa shape index (κ2) is 7.93. The molecule has 3 aromatic rings. The molecule has 0 saturated heterocycles. The Morgan fingerprint density at radius 2 is 1.83 bits per heavy atom. The van der Waals surface area contributed by atoms with Crippen LogP contribution >= 0.6 is 11.8 Å². The number of carbonyl (C=O) groups is 1. The predicted molar refractivity (Wildman–Crippen MR) is 95.8 cm³/mol. The molecule has 0 fully saturated rings. The number of fused-ring (bicyclic) bond motifs is 1. The zero-order valence-electron chi connectivity index (χ0n) is 13.0. The Kier molecular flexibility index (Phi) is 5.43. The van der Waals surface area contributed by atoms with E-state index in [4.69, 9.17) is 0 Å². The van der Waals surface area contributed by atoms with Crippen molar-refractivity contribution in [2.24, 2.45) is 0 Å². The number of pyridine rings is 1. The molecule has 0 saturated carbocycles. The maximum atomic E-state index is 12.8. The molecule has 122 valence electrons. The van der Waals surface area contributed by atoms with Gasteiger partial charge in [0.25, 0.3) is 5.91 Å². The van der Waals surface area contributed by atoms with Gasteiger partial charge in [-0.15, -0.1) is 11.8 Å². The molecule has 0 unspecified atom stereocenters. The van der Waals surface area contributed by atoms with Gasteiger partial charge in [0.05, 0.1) is 5.52 Å². The van der Waals surface area contributed by atoms with Crippen LogP contribution in [0.4, 0.5) is 4.39 Å². The van der Waals surface area contributed by atoms with Crippen molar-refractivity contribution in [1.29, 1.82) is 0 Å². The van der Waals surface area contributed by atoms with Crippen LogP contribution in [0.15, 0.2) is 65.6 Å². The van der Waals surface area contributed by atoms with Crippen LogP contribution in [-0.2, 0) is 0 Å². The first-order valence-corrected chi connectivity index (χ1v) is 8.73.